The third kappa shape index (κ3) is 4.82. The van der Waals surface area contributed by atoms with Crippen LogP contribution in [0.4, 0.5) is 10.5 Å². The van der Waals surface area contributed by atoms with Gasteiger partial charge >= 0.3 is 0 Å². The summed E-state index contributed by atoms with van der Waals surface area (Å²) in [5.41, 5.74) is 1.04. The molecule has 6 nitrogen and oxygen atoms in total. The second kappa shape index (κ2) is 8.61. The molecule has 0 unspecified atom stereocenters. The normalized spacial score (nSPS) is 15.5. The van der Waals surface area contributed by atoms with Crippen LogP contribution in [0.25, 0.3) is 6.08 Å². The maximum absolute atomic E-state index is 12.5. The van der Waals surface area contributed by atoms with E-state index in [0.29, 0.717) is 14.8 Å². The number of hydrogen-bond donors (Lipinski definition) is 2. The van der Waals surface area contributed by atoms with Gasteiger partial charge < -0.3 is 10.4 Å². The number of halogens is 2. The van der Waals surface area contributed by atoms with Gasteiger partial charge in [-0.2, -0.15) is 0 Å². The summed E-state index contributed by atoms with van der Waals surface area (Å²) < 4.78 is 1.54. The Balaban J connectivity index is 1.76. The average Bonchev–Trinajstić information content (AvgIpc) is 2.87. The van der Waals surface area contributed by atoms with Gasteiger partial charge in [0.15, 0.2) is 0 Å². The molecule has 2 aromatic carbocycles. The lowest BCUT2D eigenvalue weighted by atomic mass is 10.2. The average molecular weight is 606 g/mol. The number of para-hydroxylation sites is 1. The van der Waals surface area contributed by atoms with Crippen LogP contribution in [0.15, 0.2) is 47.4 Å². The molecule has 0 aromatic heterocycles. The molecule has 2 N–H and O–H groups in total. The van der Waals surface area contributed by atoms with Gasteiger partial charge in [0.05, 0.1) is 8.48 Å². The van der Waals surface area contributed by atoms with E-state index in [0.717, 1.165) is 20.2 Å². The minimum Gasteiger partial charge on any atom is -0.506 e. The number of aromatic hydroxyl groups is 1. The van der Waals surface area contributed by atoms with Crippen LogP contribution in [0.1, 0.15) is 5.56 Å². The Morgan fingerprint density at radius 1 is 1.19 bits per heavy atom. The second-order valence-electron chi connectivity index (χ2n) is 5.51. The van der Waals surface area contributed by atoms with Crippen molar-refractivity contribution in [2.45, 2.75) is 0 Å². The minimum absolute atomic E-state index is 0.0460. The highest BCUT2D eigenvalue weighted by Gasteiger charge is 2.36. The Kier molecular flexibility index (Phi) is 6.42. The lowest BCUT2D eigenvalue weighted by Crippen LogP contribution is -2.36. The van der Waals surface area contributed by atoms with E-state index in [2.05, 4.69) is 27.9 Å². The Labute approximate surface area is 186 Å². The summed E-state index contributed by atoms with van der Waals surface area (Å²) >= 11 is 4.85. The Bertz CT molecular complexity index is 963. The summed E-state index contributed by atoms with van der Waals surface area (Å²) in [6.07, 6.45) is 1.47. The number of benzene rings is 2. The number of carbonyl (C=O) groups excluding carboxylic acids is 3. The van der Waals surface area contributed by atoms with Crippen LogP contribution in [0.3, 0.4) is 0 Å². The van der Waals surface area contributed by atoms with E-state index >= 15 is 0 Å². The zero-order valence-corrected chi connectivity index (χ0v) is 18.7. The molecule has 0 spiro atoms. The Hall–Kier alpha value is -1.60. The van der Waals surface area contributed by atoms with Gasteiger partial charge in [0.2, 0.25) is 5.91 Å². The molecule has 0 aliphatic carbocycles. The molecule has 9 heteroatoms. The number of carbonyl (C=O) groups is 3. The third-order valence-corrected chi connectivity index (χ3v) is 5.93. The molecule has 1 heterocycles. The van der Waals surface area contributed by atoms with Gasteiger partial charge in [-0.3, -0.25) is 19.3 Å². The summed E-state index contributed by atoms with van der Waals surface area (Å²) in [5, 5.41) is 12.3. The SMILES string of the molecule is O=C(CN1C(=O)S/C(=C\c2cc(I)cc(I)c2O)C1=O)Nc1ccccc1. The highest BCUT2D eigenvalue weighted by atomic mass is 127. The Morgan fingerprint density at radius 2 is 1.89 bits per heavy atom. The fourth-order valence-electron chi connectivity index (χ4n) is 2.34. The van der Waals surface area contributed by atoms with E-state index in [4.69, 9.17) is 0 Å². The first-order chi connectivity index (χ1) is 12.8. The number of thioether (sulfide) groups is 1. The maximum atomic E-state index is 12.5. The van der Waals surface area contributed by atoms with Crippen molar-refractivity contribution in [1.29, 1.82) is 0 Å². The highest BCUT2D eigenvalue weighted by molar-refractivity contribution is 14.1. The standard InChI is InChI=1S/C18H12I2N2O4S/c19-11-6-10(16(24)13(20)8-11)7-14-17(25)22(18(26)27-14)9-15(23)21-12-4-2-1-3-5-12/h1-8,24H,9H2,(H,21,23)/b14-7-. The summed E-state index contributed by atoms with van der Waals surface area (Å²) in [6.45, 7) is -0.368. The largest absolute Gasteiger partial charge is 0.506 e. The molecule has 1 aliphatic rings. The molecule has 0 bridgehead atoms. The number of rotatable bonds is 4. The lowest BCUT2D eigenvalue weighted by molar-refractivity contribution is -0.127. The zero-order valence-electron chi connectivity index (χ0n) is 13.6. The molecule has 3 rings (SSSR count). The van der Waals surface area contributed by atoms with Gasteiger partial charge in [0, 0.05) is 14.8 Å². The van der Waals surface area contributed by atoms with Crippen LogP contribution in [0.2, 0.25) is 0 Å². The number of amides is 3. The predicted molar refractivity (Wildman–Crippen MR) is 121 cm³/mol. The first kappa shape index (κ1) is 20.1. The summed E-state index contributed by atoms with van der Waals surface area (Å²) in [5.74, 6) is -0.970. The van der Waals surface area contributed by atoms with E-state index in [9.17, 15) is 19.5 Å². The summed E-state index contributed by atoms with van der Waals surface area (Å²) in [7, 11) is 0. The second-order valence-corrected chi connectivity index (χ2v) is 8.91. The number of phenolic OH excluding ortho intramolecular Hbond substituents is 1. The number of anilines is 1. The van der Waals surface area contributed by atoms with E-state index in [-0.39, 0.29) is 17.2 Å². The van der Waals surface area contributed by atoms with E-state index < -0.39 is 17.1 Å². The number of nitrogens with one attached hydrogen (secondary N) is 1. The molecule has 138 valence electrons. The van der Waals surface area contributed by atoms with E-state index in [1.165, 1.54) is 6.08 Å². The fourth-order valence-corrected chi connectivity index (χ4v) is 5.06. The van der Waals surface area contributed by atoms with Gasteiger partial charge in [0.25, 0.3) is 11.1 Å². The molecular formula is C18H12I2N2O4S. The van der Waals surface area contributed by atoms with Crippen LogP contribution in [0, 0.1) is 7.14 Å². The van der Waals surface area contributed by atoms with Gasteiger partial charge in [-0.25, -0.2) is 0 Å². The van der Waals surface area contributed by atoms with Gasteiger partial charge in [0.1, 0.15) is 12.3 Å². The molecule has 1 aliphatic heterocycles. The zero-order chi connectivity index (χ0) is 19.6. The van der Waals surface area contributed by atoms with Gasteiger partial charge in [-0.05, 0) is 87.3 Å². The van der Waals surface area contributed by atoms with Crippen LogP contribution in [-0.4, -0.2) is 33.6 Å². The number of imide groups is 1. The van der Waals surface area contributed by atoms with Crippen molar-refractivity contribution in [2.24, 2.45) is 0 Å². The van der Waals surface area contributed by atoms with Crippen molar-refractivity contribution in [3.05, 3.63) is 60.1 Å². The van der Waals surface area contributed by atoms with Crippen LogP contribution < -0.4 is 5.32 Å². The molecule has 27 heavy (non-hydrogen) atoms. The maximum Gasteiger partial charge on any atom is 0.294 e. The topological polar surface area (TPSA) is 86.7 Å². The monoisotopic (exact) mass is 606 g/mol. The molecule has 1 saturated heterocycles. The van der Waals surface area contributed by atoms with Crippen molar-refractivity contribution in [3.8, 4) is 5.75 Å². The van der Waals surface area contributed by atoms with Crippen LogP contribution >= 0.6 is 56.9 Å². The number of nitrogens with zero attached hydrogens (tertiary/aromatic N) is 1. The van der Waals surface area contributed by atoms with Crippen LogP contribution in [-0.2, 0) is 9.59 Å². The van der Waals surface area contributed by atoms with E-state index in [1.807, 2.05) is 28.7 Å². The predicted octanol–water partition coefficient (Wildman–Crippen LogP) is 4.28. The molecule has 0 atom stereocenters. The summed E-state index contributed by atoms with van der Waals surface area (Å²) in [6, 6.07) is 12.3. The van der Waals surface area contributed by atoms with Gasteiger partial charge in [-0.15, -0.1) is 0 Å². The number of phenols is 1. The fraction of sp³-hybridized carbons (Fsp3) is 0.0556. The van der Waals surface area contributed by atoms with E-state index in [1.54, 1.807) is 36.4 Å². The molecular weight excluding hydrogens is 594 g/mol. The van der Waals surface area contributed by atoms with Crippen molar-refractivity contribution >= 4 is 85.8 Å². The minimum atomic E-state index is -0.554. The third-order valence-electron chi connectivity index (χ3n) is 3.58. The van der Waals surface area contributed by atoms with Gasteiger partial charge in [-0.1, -0.05) is 18.2 Å². The van der Waals surface area contributed by atoms with Crippen LogP contribution in [0.5, 0.6) is 5.75 Å². The quantitative estimate of drug-likeness (QED) is 0.401. The van der Waals surface area contributed by atoms with Crippen molar-refractivity contribution in [2.75, 3.05) is 11.9 Å². The Morgan fingerprint density at radius 3 is 2.59 bits per heavy atom. The molecule has 0 saturated carbocycles. The first-order valence-corrected chi connectivity index (χ1v) is 10.6. The highest BCUT2D eigenvalue weighted by Crippen LogP contribution is 2.35. The smallest absolute Gasteiger partial charge is 0.294 e. The van der Waals surface area contributed by atoms with Crippen molar-refractivity contribution in [3.63, 3.8) is 0 Å². The van der Waals surface area contributed by atoms with Crippen molar-refractivity contribution in [1.82, 2.24) is 4.90 Å². The molecule has 1 fully saturated rings. The lowest BCUT2D eigenvalue weighted by Gasteiger charge is -2.12. The summed E-state index contributed by atoms with van der Waals surface area (Å²) in [4.78, 5) is 37.9. The first-order valence-electron chi connectivity index (χ1n) is 7.63. The van der Waals surface area contributed by atoms with Crippen molar-refractivity contribution < 1.29 is 19.5 Å². The molecule has 3 amide bonds. The molecule has 2 aromatic rings. The number of hydrogen-bond acceptors (Lipinski definition) is 5. The molecule has 0 radical (unpaired) electrons.